The van der Waals surface area contributed by atoms with E-state index >= 15 is 0 Å². The highest BCUT2D eigenvalue weighted by Crippen LogP contribution is 2.39. The summed E-state index contributed by atoms with van der Waals surface area (Å²) in [6.45, 7) is 0. The zero-order valence-electron chi connectivity index (χ0n) is 18.7. The van der Waals surface area contributed by atoms with Crippen LogP contribution in [0.25, 0.3) is 58.8 Å². The van der Waals surface area contributed by atoms with Crippen molar-refractivity contribution in [2.24, 2.45) is 0 Å². The molecule has 0 amide bonds. The number of para-hydroxylation sites is 2. The van der Waals surface area contributed by atoms with Crippen LogP contribution in [0.15, 0.2) is 109 Å². The van der Waals surface area contributed by atoms with Gasteiger partial charge in [0.15, 0.2) is 0 Å². The van der Waals surface area contributed by atoms with E-state index in [-0.39, 0.29) is 0 Å². The fraction of sp³-hybridized carbons (Fsp3) is 0.0323. The third-order valence-electron chi connectivity index (χ3n) is 6.78. The van der Waals surface area contributed by atoms with E-state index < -0.39 is 0 Å². The van der Waals surface area contributed by atoms with E-state index in [2.05, 4.69) is 119 Å². The van der Waals surface area contributed by atoms with Gasteiger partial charge in [0.05, 0.1) is 11.0 Å². The third kappa shape index (κ3) is 2.87. The van der Waals surface area contributed by atoms with Crippen LogP contribution in [-0.2, 0) is 0 Å². The molecular weight excluding hydrogens is 432 g/mol. The average molecular weight is 455 g/mol. The molecular formula is C31H22N2S. The fourth-order valence-electron chi connectivity index (χ4n) is 5.14. The molecule has 0 saturated heterocycles. The first-order valence-corrected chi connectivity index (χ1v) is 12.3. The van der Waals surface area contributed by atoms with Crippen molar-refractivity contribution >= 4 is 59.0 Å². The summed E-state index contributed by atoms with van der Waals surface area (Å²) < 4.78 is 5.04. The lowest BCUT2D eigenvalue weighted by Crippen LogP contribution is -1.93. The molecule has 2 nitrogen and oxygen atoms in total. The first-order valence-electron chi connectivity index (χ1n) is 11.5. The van der Waals surface area contributed by atoms with Crippen LogP contribution in [-0.4, -0.2) is 11.6 Å². The third-order valence-corrected chi connectivity index (χ3v) is 7.93. The van der Waals surface area contributed by atoms with Gasteiger partial charge in [0.25, 0.3) is 0 Å². The van der Waals surface area contributed by atoms with Gasteiger partial charge in [0.1, 0.15) is 0 Å². The number of anilines is 1. The summed E-state index contributed by atoms with van der Waals surface area (Å²) in [5.74, 6) is 0. The van der Waals surface area contributed by atoms with Crippen LogP contribution in [0, 0.1) is 0 Å². The van der Waals surface area contributed by atoms with Crippen LogP contribution in [0.3, 0.4) is 0 Å². The normalized spacial score (nSPS) is 11.7. The first-order chi connectivity index (χ1) is 16.8. The molecule has 0 aliphatic rings. The minimum absolute atomic E-state index is 1.13. The summed E-state index contributed by atoms with van der Waals surface area (Å²) in [7, 11) is 1.96. The van der Waals surface area contributed by atoms with Crippen molar-refractivity contribution < 1.29 is 0 Å². The van der Waals surface area contributed by atoms with Crippen LogP contribution in [0.1, 0.15) is 0 Å². The summed E-state index contributed by atoms with van der Waals surface area (Å²) in [5, 5.41) is 8.46. The Kier molecular flexibility index (Phi) is 4.26. The Hall–Kier alpha value is -4.08. The SMILES string of the molecule is CNc1cccc(-c2ccc3sc4ccc(-n5c6ccccc6c6ccccc65)cc4c3c2)c1. The number of benzene rings is 5. The summed E-state index contributed by atoms with van der Waals surface area (Å²) >= 11 is 1.86. The van der Waals surface area contributed by atoms with Crippen molar-refractivity contribution in [3.63, 3.8) is 0 Å². The van der Waals surface area contributed by atoms with E-state index in [9.17, 15) is 0 Å². The summed E-state index contributed by atoms with van der Waals surface area (Å²) in [4.78, 5) is 0. The van der Waals surface area contributed by atoms with Gasteiger partial charge in [0.2, 0.25) is 0 Å². The number of fused-ring (bicyclic) bond motifs is 6. The quantitative estimate of drug-likeness (QED) is 0.282. The highest BCUT2D eigenvalue weighted by Gasteiger charge is 2.13. The molecule has 0 fully saturated rings. The second kappa shape index (κ2) is 7.47. The van der Waals surface area contributed by atoms with Gasteiger partial charge in [-0.3, -0.25) is 0 Å². The molecule has 2 aromatic heterocycles. The molecule has 0 unspecified atom stereocenters. The Bertz CT molecular complexity index is 1800. The molecule has 7 aromatic rings. The molecule has 2 heterocycles. The van der Waals surface area contributed by atoms with Crippen molar-refractivity contribution in [3.8, 4) is 16.8 Å². The molecule has 162 valence electrons. The van der Waals surface area contributed by atoms with E-state index in [0.717, 1.165) is 5.69 Å². The topological polar surface area (TPSA) is 17.0 Å². The predicted molar refractivity (Wildman–Crippen MR) is 149 cm³/mol. The van der Waals surface area contributed by atoms with E-state index in [1.54, 1.807) is 0 Å². The minimum atomic E-state index is 1.13. The summed E-state index contributed by atoms with van der Waals surface area (Å²) in [6, 6.07) is 39.7. The molecule has 5 aromatic carbocycles. The number of hydrogen-bond acceptors (Lipinski definition) is 2. The maximum absolute atomic E-state index is 3.25. The predicted octanol–water partition coefficient (Wildman–Crippen LogP) is 8.86. The Morgan fingerprint density at radius 1 is 0.559 bits per heavy atom. The van der Waals surface area contributed by atoms with E-state index in [1.165, 1.54) is 58.8 Å². The van der Waals surface area contributed by atoms with Gasteiger partial charge in [-0.1, -0.05) is 54.6 Å². The van der Waals surface area contributed by atoms with Gasteiger partial charge in [-0.15, -0.1) is 11.3 Å². The summed E-state index contributed by atoms with van der Waals surface area (Å²) in [6.07, 6.45) is 0. The largest absolute Gasteiger partial charge is 0.388 e. The van der Waals surface area contributed by atoms with Crippen LogP contribution in [0.4, 0.5) is 5.69 Å². The summed E-state index contributed by atoms with van der Waals surface area (Å²) in [5.41, 5.74) is 7.28. The highest BCUT2D eigenvalue weighted by molar-refractivity contribution is 7.25. The average Bonchev–Trinajstić information content (AvgIpc) is 3.43. The van der Waals surface area contributed by atoms with E-state index in [4.69, 9.17) is 0 Å². The van der Waals surface area contributed by atoms with Gasteiger partial charge < -0.3 is 9.88 Å². The molecule has 0 bridgehead atoms. The number of rotatable bonds is 3. The second-order valence-electron chi connectivity index (χ2n) is 8.69. The zero-order valence-corrected chi connectivity index (χ0v) is 19.6. The first kappa shape index (κ1) is 19.4. The number of hydrogen-bond donors (Lipinski definition) is 1. The molecule has 0 atom stereocenters. The Morgan fingerprint density at radius 2 is 1.21 bits per heavy atom. The number of nitrogens with one attached hydrogen (secondary N) is 1. The number of aromatic nitrogens is 1. The van der Waals surface area contributed by atoms with Crippen LogP contribution < -0.4 is 5.32 Å². The van der Waals surface area contributed by atoms with Gasteiger partial charge >= 0.3 is 0 Å². The number of thiophene rings is 1. The van der Waals surface area contributed by atoms with Gasteiger partial charge in [0, 0.05) is 49.4 Å². The molecule has 3 heteroatoms. The van der Waals surface area contributed by atoms with Crippen molar-refractivity contribution in [2.75, 3.05) is 12.4 Å². The maximum Gasteiger partial charge on any atom is 0.0541 e. The Morgan fingerprint density at radius 3 is 1.94 bits per heavy atom. The van der Waals surface area contributed by atoms with Gasteiger partial charge in [-0.05, 0) is 65.7 Å². The lowest BCUT2D eigenvalue weighted by atomic mass is 10.0. The minimum Gasteiger partial charge on any atom is -0.388 e. The zero-order chi connectivity index (χ0) is 22.6. The molecule has 1 N–H and O–H groups in total. The van der Waals surface area contributed by atoms with Crippen LogP contribution in [0.2, 0.25) is 0 Å². The van der Waals surface area contributed by atoms with Crippen molar-refractivity contribution in [2.45, 2.75) is 0 Å². The van der Waals surface area contributed by atoms with E-state index in [1.807, 2.05) is 18.4 Å². The monoisotopic (exact) mass is 454 g/mol. The molecule has 0 aliphatic heterocycles. The second-order valence-corrected chi connectivity index (χ2v) is 9.78. The smallest absolute Gasteiger partial charge is 0.0541 e. The number of nitrogens with zero attached hydrogens (tertiary/aromatic N) is 1. The van der Waals surface area contributed by atoms with Crippen molar-refractivity contribution in [1.82, 2.24) is 4.57 Å². The van der Waals surface area contributed by atoms with Gasteiger partial charge in [-0.25, -0.2) is 0 Å². The van der Waals surface area contributed by atoms with E-state index in [0.29, 0.717) is 0 Å². The standard InChI is InChI=1S/C31H22N2S/c1-32-22-8-6-7-20(17-22)21-13-15-30-26(18-21)27-19-23(14-16-31(27)34-30)33-28-11-4-2-9-24(28)25-10-3-5-12-29(25)33/h2-19,32H,1H3. The molecule has 34 heavy (non-hydrogen) atoms. The Balaban J connectivity index is 1.48. The fourth-order valence-corrected chi connectivity index (χ4v) is 6.21. The van der Waals surface area contributed by atoms with Crippen LogP contribution >= 0.6 is 11.3 Å². The van der Waals surface area contributed by atoms with Gasteiger partial charge in [-0.2, -0.15) is 0 Å². The highest BCUT2D eigenvalue weighted by atomic mass is 32.1. The molecule has 7 rings (SSSR count). The van der Waals surface area contributed by atoms with Crippen LogP contribution in [0.5, 0.6) is 0 Å². The van der Waals surface area contributed by atoms with Crippen molar-refractivity contribution in [3.05, 3.63) is 109 Å². The van der Waals surface area contributed by atoms with Crippen molar-refractivity contribution in [1.29, 1.82) is 0 Å². The Labute approximate surface area is 201 Å². The molecule has 0 radical (unpaired) electrons. The molecule has 0 spiro atoms. The lowest BCUT2D eigenvalue weighted by Gasteiger charge is -2.08. The maximum atomic E-state index is 3.25. The lowest BCUT2D eigenvalue weighted by molar-refractivity contribution is 1.19. The molecule has 0 saturated carbocycles. The molecule has 0 aliphatic carbocycles.